The highest BCUT2D eigenvalue weighted by atomic mass is 32.1. The van der Waals surface area contributed by atoms with Gasteiger partial charge in [-0.3, -0.25) is 9.59 Å². The summed E-state index contributed by atoms with van der Waals surface area (Å²) in [6.45, 7) is 0.666. The Bertz CT molecular complexity index is 636. The zero-order valence-corrected chi connectivity index (χ0v) is 13.0. The van der Waals surface area contributed by atoms with Gasteiger partial charge in [0, 0.05) is 12.6 Å². The van der Waals surface area contributed by atoms with Crippen molar-refractivity contribution in [1.82, 2.24) is 10.2 Å². The second-order valence-electron chi connectivity index (χ2n) is 5.40. The second kappa shape index (κ2) is 6.75. The van der Waals surface area contributed by atoms with Gasteiger partial charge in [0.05, 0.1) is 11.4 Å². The largest absolute Gasteiger partial charge is 0.342 e. The average Bonchev–Trinajstić information content (AvgIpc) is 3.24. The minimum Gasteiger partial charge on any atom is -0.342 e. The van der Waals surface area contributed by atoms with Crippen molar-refractivity contribution >= 4 is 23.2 Å². The number of nitrogens with one attached hydrogen (secondary N) is 1. The minimum atomic E-state index is -0.182. The molecule has 0 unspecified atom stereocenters. The van der Waals surface area contributed by atoms with Crippen LogP contribution in [0.1, 0.15) is 28.1 Å². The first-order valence-corrected chi connectivity index (χ1v) is 8.27. The summed E-state index contributed by atoms with van der Waals surface area (Å²) in [5, 5.41) is 4.56. The number of rotatable bonds is 6. The molecule has 0 atom stereocenters. The Kier molecular flexibility index (Phi) is 4.53. The maximum Gasteiger partial charge on any atom is 0.261 e. The third kappa shape index (κ3) is 3.74. The van der Waals surface area contributed by atoms with Gasteiger partial charge < -0.3 is 10.2 Å². The molecule has 3 rings (SSSR count). The van der Waals surface area contributed by atoms with Gasteiger partial charge in [0.2, 0.25) is 5.91 Å². The maximum atomic E-state index is 12.4. The number of hydrogen-bond donors (Lipinski definition) is 1. The molecule has 0 spiro atoms. The van der Waals surface area contributed by atoms with Crippen LogP contribution in [-0.2, 0) is 11.3 Å². The Balaban J connectivity index is 1.57. The number of carbonyl (C=O) groups is 2. The zero-order chi connectivity index (χ0) is 15.4. The lowest BCUT2D eigenvalue weighted by Gasteiger charge is -2.22. The predicted molar refractivity (Wildman–Crippen MR) is 86.7 cm³/mol. The van der Waals surface area contributed by atoms with Crippen LogP contribution < -0.4 is 5.32 Å². The summed E-state index contributed by atoms with van der Waals surface area (Å²) in [4.78, 5) is 26.8. The number of amides is 2. The molecule has 0 aliphatic heterocycles. The van der Waals surface area contributed by atoms with E-state index < -0.39 is 0 Å². The molecule has 4 nitrogen and oxygen atoms in total. The number of carbonyl (C=O) groups excluding carboxylic acids is 2. The van der Waals surface area contributed by atoms with Crippen molar-refractivity contribution in [1.29, 1.82) is 0 Å². The van der Waals surface area contributed by atoms with E-state index in [1.165, 1.54) is 11.3 Å². The first-order chi connectivity index (χ1) is 10.7. The monoisotopic (exact) mass is 314 g/mol. The van der Waals surface area contributed by atoms with E-state index in [9.17, 15) is 9.59 Å². The van der Waals surface area contributed by atoms with Gasteiger partial charge in [-0.05, 0) is 29.9 Å². The maximum absolute atomic E-state index is 12.4. The molecular formula is C17H18N2O2S. The molecule has 1 aromatic carbocycles. The van der Waals surface area contributed by atoms with Gasteiger partial charge in [-0.1, -0.05) is 36.4 Å². The standard InChI is InChI=1S/C17H18N2O2S/c20-16(11-18-17(21)15-7-4-10-22-15)19(14-8-9-14)12-13-5-2-1-3-6-13/h1-7,10,14H,8-9,11-12H2,(H,18,21). The molecule has 0 radical (unpaired) electrons. The van der Waals surface area contributed by atoms with E-state index in [-0.39, 0.29) is 18.4 Å². The highest BCUT2D eigenvalue weighted by Gasteiger charge is 2.32. The Hall–Kier alpha value is -2.14. The normalized spacial score (nSPS) is 13.6. The van der Waals surface area contributed by atoms with Crippen molar-refractivity contribution in [3.05, 3.63) is 58.3 Å². The molecule has 1 saturated carbocycles. The summed E-state index contributed by atoms with van der Waals surface area (Å²) >= 11 is 1.38. The Labute approximate surface area is 133 Å². The summed E-state index contributed by atoms with van der Waals surface area (Å²) < 4.78 is 0. The van der Waals surface area contributed by atoms with Crippen LogP contribution in [0.15, 0.2) is 47.8 Å². The molecular weight excluding hydrogens is 296 g/mol. The van der Waals surface area contributed by atoms with Gasteiger partial charge >= 0.3 is 0 Å². The first kappa shape index (κ1) is 14.8. The van der Waals surface area contributed by atoms with Crippen molar-refractivity contribution < 1.29 is 9.59 Å². The summed E-state index contributed by atoms with van der Waals surface area (Å²) in [6, 6.07) is 13.9. The topological polar surface area (TPSA) is 49.4 Å². The van der Waals surface area contributed by atoms with Crippen LogP contribution in [0.25, 0.3) is 0 Å². The highest BCUT2D eigenvalue weighted by Crippen LogP contribution is 2.28. The number of nitrogens with zero attached hydrogens (tertiary/aromatic N) is 1. The molecule has 1 aliphatic carbocycles. The van der Waals surface area contributed by atoms with E-state index in [2.05, 4.69) is 5.32 Å². The predicted octanol–water partition coefficient (Wildman–Crippen LogP) is 2.67. The van der Waals surface area contributed by atoms with Gasteiger partial charge in [-0.25, -0.2) is 0 Å². The molecule has 0 bridgehead atoms. The fourth-order valence-electron chi connectivity index (χ4n) is 2.34. The van der Waals surface area contributed by atoms with Gasteiger partial charge in [0.25, 0.3) is 5.91 Å². The van der Waals surface area contributed by atoms with Gasteiger partial charge in [-0.2, -0.15) is 0 Å². The molecule has 0 saturated heterocycles. The Morgan fingerprint density at radius 1 is 1.14 bits per heavy atom. The van der Waals surface area contributed by atoms with Crippen LogP contribution in [0.4, 0.5) is 0 Å². The van der Waals surface area contributed by atoms with Crippen molar-refractivity contribution in [2.24, 2.45) is 0 Å². The van der Waals surface area contributed by atoms with E-state index in [4.69, 9.17) is 0 Å². The summed E-state index contributed by atoms with van der Waals surface area (Å²) in [7, 11) is 0. The molecule has 1 fully saturated rings. The fourth-order valence-corrected chi connectivity index (χ4v) is 2.98. The van der Waals surface area contributed by atoms with Crippen LogP contribution in [0.3, 0.4) is 0 Å². The molecule has 22 heavy (non-hydrogen) atoms. The quantitative estimate of drug-likeness (QED) is 0.891. The van der Waals surface area contributed by atoms with Crippen LogP contribution in [0.5, 0.6) is 0 Å². The molecule has 5 heteroatoms. The van der Waals surface area contributed by atoms with Gasteiger partial charge in [0.15, 0.2) is 0 Å². The smallest absolute Gasteiger partial charge is 0.261 e. The Morgan fingerprint density at radius 2 is 1.91 bits per heavy atom. The lowest BCUT2D eigenvalue weighted by molar-refractivity contribution is -0.131. The van der Waals surface area contributed by atoms with Crippen molar-refractivity contribution in [3.8, 4) is 0 Å². The van der Waals surface area contributed by atoms with Crippen molar-refractivity contribution in [3.63, 3.8) is 0 Å². The van der Waals surface area contributed by atoms with Crippen molar-refractivity contribution in [2.45, 2.75) is 25.4 Å². The van der Waals surface area contributed by atoms with E-state index >= 15 is 0 Å². The SMILES string of the molecule is O=C(NCC(=O)N(Cc1ccccc1)C1CC1)c1cccs1. The summed E-state index contributed by atoms with van der Waals surface area (Å²) in [6.07, 6.45) is 2.11. The molecule has 1 aliphatic rings. The Morgan fingerprint density at radius 3 is 2.55 bits per heavy atom. The molecule has 1 N–H and O–H groups in total. The van der Waals surface area contributed by atoms with Crippen LogP contribution in [0.2, 0.25) is 0 Å². The number of thiophene rings is 1. The fraction of sp³-hybridized carbons (Fsp3) is 0.294. The molecule has 1 aromatic heterocycles. The molecule has 2 amide bonds. The molecule has 1 heterocycles. The molecule has 2 aromatic rings. The third-order valence-electron chi connectivity index (χ3n) is 3.65. The van der Waals surface area contributed by atoms with E-state index in [1.807, 2.05) is 46.7 Å². The highest BCUT2D eigenvalue weighted by molar-refractivity contribution is 7.12. The number of hydrogen-bond acceptors (Lipinski definition) is 3. The third-order valence-corrected chi connectivity index (χ3v) is 4.52. The van der Waals surface area contributed by atoms with Crippen LogP contribution in [0, 0.1) is 0 Å². The first-order valence-electron chi connectivity index (χ1n) is 7.39. The average molecular weight is 314 g/mol. The van der Waals surface area contributed by atoms with Crippen LogP contribution in [-0.4, -0.2) is 29.3 Å². The second-order valence-corrected chi connectivity index (χ2v) is 6.35. The zero-order valence-electron chi connectivity index (χ0n) is 12.2. The van der Waals surface area contributed by atoms with E-state index in [0.29, 0.717) is 17.5 Å². The summed E-state index contributed by atoms with van der Waals surface area (Å²) in [5.74, 6) is -0.199. The van der Waals surface area contributed by atoms with Gasteiger partial charge in [0.1, 0.15) is 0 Å². The van der Waals surface area contributed by atoms with Crippen LogP contribution >= 0.6 is 11.3 Å². The van der Waals surface area contributed by atoms with E-state index in [0.717, 1.165) is 18.4 Å². The number of benzene rings is 1. The summed E-state index contributed by atoms with van der Waals surface area (Å²) in [5.41, 5.74) is 1.12. The minimum absolute atomic E-state index is 0.0174. The lowest BCUT2D eigenvalue weighted by atomic mass is 10.2. The lowest BCUT2D eigenvalue weighted by Crippen LogP contribution is -2.40. The van der Waals surface area contributed by atoms with Gasteiger partial charge in [-0.15, -0.1) is 11.3 Å². The van der Waals surface area contributed by atoms with Crippen molar-refractivity contribution in [2.75, 3.05) is 6.54 Å². The molecule has 114 valence electrons. The van der Waals surface area contributed by atoms with E-state index in [1.54, 1.807) is 6.07 Å².